The molecule has 0 spiro atoms. The number of carboxylic acids is 1. The van der Waals surface area contributed by atoms with Crippen LogP contribution in [-0.4, -0.2) is 20.9 Å². The lowest BCUT2D eigenvalue weighted by Crippen LogP contribution is -2.27. The first-order valence-corrected chi connectivity index (χ1v) is 7.26. The average molecular weight is 308 g/mol. The molecule has 0 saturated heterocycles. The van der Waals surface area contributed by atoms with Crippen molar-refractivity contribution in [3.8, 4) is 11.3 Å². The van der Waals surface area contributed by atoms with Gasteiger partial charge in [-0.2, -0.15) is 5.10 Å². The molecule has 116 valence electrons. The molecule has 3 aromatic rings. The Labute approximate surface area is 132 Å². The van der Waals surface area contributed by atoms with Crippen molar-refractivity contribution < 1.29 is 9.90 Å². The summed E-state index contributed by atoms with van der Waals surface area (Å²) in [7, 11) is 0. The Morgan fingerprint density at radius 1 is 1.09 bits per heavy atom. The lowest BCUT2D eigenvalue weighted by atomic mass is 10.0. The van der Waals surface area contributed by atoms with Crippen LogP contribution in [0.1, 0.15) is 11.1 Å². The molecule has 0 amide bonds. The Morgan fingerprint density at radius 2 is 1.78 bits per heavy atom. The maximum absolute atomic E-state index is 12.4. The van der Waals surface area contributed by atoms with Gasteiger partial charge in [0.05, 0.1) is 11.1 Å². The molecular formula is C18H16N2O3. The number of carboxylic acid groups (broad SMARTS) is 1. The van der Waals surface area contributed by atoms with E-state index in [1.54, 1.807) is 12.1 Å². The van der Waals surface area contributed by atoms with Crippen LogP contribution in [0.25, 0.3) is 22.0 Å². The van der Waals surface area contributed by atoms with Crippen LogP contribution in [0.2, 0.25) is 0 Å². The maximum Gasteiger partial charge on any atom is 0.325 e. The Morgan fingerprint density at radius 3 is 2.43 bits per heavy atom. The Bertz CT molecular complexity index is 974. The van der Waals surface area contributed by atoms with E-state index in [0.29, 0.717) is 11.1 Å². The van der Waals surface area contributed by atoms with Gasteiger partial charge in [0.25, 0.3) is 5.56 Å². The van der Waals surface area contributed by atoms with Crippen LogP contribution in [0.15, 0.2) is 47.3 Å². The molecule has 0 unspecified atom stereocenters. The van der Waals surface area contributed by atoms with Crippen LogP contribution in [0.3, 0.4) is 0 Å². The van der Waals surface area contributed by atoms with Gasteiger partial charge in [-0.3, -0.25) is 9.59 Å². The second kappa shape index (κ2) is 5.68. The van der Waals surface area contributed by atoms with Crippen molar-refractivity contribution in [1.82, 2.24) is 9.78 Å². The number of rotatable bonds is 3. The standard InChI is InChI=1S/C18H16N2O3/c1-11-7-8-13(9-12(11)2)17-14-5-3-4-6-15(14)18(23)20(19-17)10-16(21)22/h3-9H,10H2,1-2H3,(H,21,22). The summed E-state index contributed by atoms with van der Waals surface area (Å²) in [6.07, 6.45) is 0. The summed E-state index contributed by atoms with van der Waals surface area (Å²) in [6.45, 7) is 3.58. The minimum absolute atomic E-state index is 0.393. The number of fused-ring (bicyclic) bond motifs is 1. The predicted octanol–water partition coefficient (Wildman–Crippen LogP) is 2.76. The van der Waals surface area contributed by atoms with Gasteiger partial charge < -0.3 is 5.11 Å². The number of hydrogen-bond acceptors (Lipinski definition) is 3. The number of aryl methyl sites for hydroxylation is 2. The van der Waals surface area contributed by atoms with Gasteiger partial charge in [-0.25, -0.2) is 4.68 Å². The van der Waals surface area contributed by atoms with Crippen molar-refractivity contribution in [1.29, 1.82) is 0 Å². The fourth-order valence-electron chi connectivity index (χ4n) is 2.57. The van der Waals surface area contributed by atoms with E-state index in [1.807, 2.05) is 44.2 Å². The van der Waals surface area contributed by atoms with Crippen molar-refractivity contribution in [3.05, 3.63) is 63.9 Å². The molecule has 0 bridgehead atoms. The number of nitrogens with zero attached hydrogens (tertiary/aromatic N) is 2. The zero-order valence-corrected chi connectivity index (χ0v) is 12.9. The first-order chi connectivity index (χ1) is 11.0. The first kappa shape index (κ1) is 15.0. The third-order valence-electron chi connectivity index (χ3n) is 3.93. The molecule has 0 radical (unpaired) electrons. The van der Waals surface area contributed by atoms with Crippen molar-refractivity contribution >= 4 is 16.7 Å². The molecule has 0 saturated carbocycles. The van der Waals surface area contributed by atoms with Gasteiger partial charge in [-0.05, 0) is 37.1 Å². The van der Waals surface area contributed by atoms with E-state index in [-0.39, 0.29) is 0 Å². The molecule has 3 rings (SSSR count). The monoisotopic (exact) mass is 308 g/mol. The molecule has 0 aliphatic rings. The molecule has 1 N–H and O–H groups in total. The highest BCUT2D eigenvalue weighted by Gasteiger charge is 2.14. The van der Waals surface area contributed by atoms with Crippen molar-refractivity contribution in [2.24, 2.45) is 0 Å². The summed E-state index contributed by atoms with van der Waals surface area (Å²) in [6, 6.07) is 13.1. The third-order valence-corrected chi connectivity index (χ3v) is 3.93. The molecule has 2 aromatic carbocycles. The van der Waals surface area contributed by atoms with E-state index < -0.39 is 18.1 Å². The number of hydrogen-bond donors (Lipinski definition) is 1. The molecule has 1 aromatic heterocycles. The zero-order chi connectivity index (χ0) is 16.6. The van der Waals surface area contributed by atoms with Gasteiger partial charge in [0, 0.05) is 10.9 Å². The van der Waals surface area contributed by atoms with E-state index in [0.717, 1.165) is 26.8 Å². The first-order valence-electron chi connectivity index (χ1n) is 7.26. The average Bonchev–Trinajstić information content (AvgIpc) is 2.52. The van der Waals surface area contributed by atoms with E-state index in [2.05, 4.69) is 5.10 Å². The third kappa shape index (κ3) is 2.73. The van der Waals surface area contributed by atoms with E-state index >= 15 is 0 Å². The van der Waals surface area contributed by atoms with Crippen LogP contribution in [0.5, 0.6) is 0 Å². The van der Waals surface area contributed by atoms with E-state index in [1.165, 1.54) is 0 Å². The molecule has 0 atom stereocenters. The summed E-state index contributed by atoms with van der Waals surface area (Å²) in [4.78, 5) is 23.4. The normalized spacial score (nSPS) is 10.9. The largest absolute Gasteiger partial charge is 0.480 e. The van der Waals surface area contributed by atoms with Crippen LogP contribution >= 0.6 is 0 Å². The summed E-state index contributed by atoms with van der Waals surface area (Å²) >= 11 is 0. The van der Waals surface area contributed by atoms with Gasteiger partial charge >= 0.3 is 5.97 Å². The topological polar surface area (TPSA) is 72.2 Å². The van der Waals surface area contributed by atoms with Gasteiger partial charge in [0.1, 0.15) is 6.54 Å². The van der Waals surface area contributed by atoms with Gasteiger partial charge in [-0.1, -0.05) is 30.3 Å². The van der Waals surface area contributed by atoms with Crippen LogP contribution in [0.4, 0.5) is 0 Å². The summed E-state index contributed by atoms with van der Waals surface area (Å²) in [5.41, 5.74) is 3.37. The molecule has 5 heteroatoms. The molecular weight excluding hydrogens is 292 g/mol. The molecule has 0 aliphatic heterocycles. The van der Waals surface area contributed by atoms with Crippen LogP contribution < -0.4 is 5.56 Å². The van der Waals surface area contributed by atoms with Gasteiger partial charge in [0.15, 0.2) is 0 Å². The second-order valence-corrected chi connectivity index (χ2v) is 5.55. The van der Waals surface area contributed by atoms with E-state index in [4.69, 9.17) is 5.11 Å². The minimum Gasteiger partial charge on any atom is -0.480 e. The number of aliphatic carboxylic acids is 1. The minimum atomic E-state index is -1.10. The highest BCUT2D eigenvalue weighted by molar-refractivity contribution is 5.94. The Kier molecular flexibility index (Phi) is 3.70. The number of aromatic nitrogens is 2. The molecule has 0 aliphatic carbocycles. The number of carbonyl (C=O) groups is 1. The fraction of sp³-hybridized carbons (Fsp3) is 0.167. The number of benzene rings is 2. The SMILES string of the molecule is Cc1ccc(-c2nn(CC(=O)O)c(=O)c3ccccc23)cc1C. The fourth-order valence-corrected chi connectivity index (χ4v) is 2.57. The molecule has 23 heavy (non-hydrogen) atoms. The molecule has 0 fully saturated rings. The smallest absolute Gasteiger partial charge is 0.325 e. The van der Waals surface area contributed by atoms with Crippen LogP contribution in [-0.2, 0) is 11.3 Å². The summed E-state index contributed by atoms with van der Waals surface area (Å²) in [5.74, 6) is -1.10. The zero-order valence-electron chi connectivity index (χ0n) is 12.9. The van der Waals surface area contributed by atoms with Crippen molar-refractivity contribution in [2.75, 3.05) is 0 Å². The molecule has 5 nitrogen and oxygen atoms in total. The highest BCUT2D eigenvalue weighted by Crippen LogP contribution is 2.26. The van der Waals surface area contributed by atoms with Crippen molar-refractivity contribution in [3.63, 3.8) is 0 Å². The summed E-state index contributed by atoms with van der Waals surface area (Å²) in [5, 5.41) is 14.5. The van der Waals surface area contributed by atoms with E-state index in [9.17, 15) is 9.59 Å². The quantitative estimate of drug-likeness (QED) is 0.807. The van der Waals surface area contributed by atoms with Gasteiger partial charge in [-0.15, -0.1) is 0 Å². The Hall–Kier alpha value is -2.95. The van der Waals surface area contributed by atoms with Crippen LogP contribution in [0, 0.1) is 13.8 Å². The lowest BCUT2D eigenvalue weighted by molar-refractivity contribution is -0.137. The predicted molar refractivity (Wildman–Crippen MR) is 88.5 cm³/mol. The second-order valence-electron chi connectivity index (χ2n) is 5.55. The lowest BCUT2D eigenvalue weighted by Gasteiger charge is -2.11. The molecule has 1 heterocycles. The maximum atomic E-state index is 12.4. The Balaban J connectivity index is 2.34. The van der Waals surface area contributed by atoms with Gasteiger partial charge in [0.2, 0.25) is 0 Å². The highest BCUT2D eigenvalue weighted by atomic mass is 16.4. The van der Waals surface area contributed by atoms with Crippen molar-refractivity contribution in [2.45, 2.75) is 20.4 Å². The summed E-state index contributed by atoms with van der Waals surface area (Å²) < 4.78 is 1.01.